The van der Waals surface area contributed by atoms with Crippen molar-refractivity contribution in [2.24, 2.45) is 0 Å². The van der Waals surface area contributed by atoms with E-state index in [4.69, 9.17) is 0 Å². The highest BCUT2D eigenvalue weighted by Gasteiger charge is 2.16. The van der Waals surface area contributed by atoms with E-state index in [1.807, 2.05) is 24.8 Å². The van der Waals surface area contributed by atoms with E-state index in [9.17, 15) is 9.50 Å². The van der Waals surface area contributed by atoms with Gasteiger partial charge in [-0.05, 0) is 32.9 Å². The molecule has 0 fully saturated rings. The average Bonchev–Trinajstić information content (AvgIpc) is 2.19. The molecular formula is C12H18FNO. The number of anilines is 1. The first-order valence-electron chi connectivity index (χ1n) is 5.33. The number of hydrogen-bond acceptors (Lipinski definition) is 2. The average molecular weight is 211 g/mol. The summed E-state index contributed by atoms with van der Waals surface area (Å²) in [6.45, 7) is 7.23. The van der Waals surface area contributed by atoms with Gasteiger partial charge in [-0.15, -0.1) is 0 Å². The fraction of sp³-hybridized carbons (Fsp3) is 0.500. The van der Waals surface area contributed by atoms with E-state index in [0.29, 0.717) is 5.56 Å². The number of nitrogens with zero attached hydrogens (tertiary/aromatic N) is 1. The molecule has 2 nitrogen and oxygen atoms in total. The molecule has 0 aliphatic carbocycles. The van der Waals surface area contributed by atoms with Gasteiger partial charge in [0, 0.05) is 24.3 Å². The first-order valence-corrected chi connectivity index (χ1v) is 5.33. The molecule has 3 heteroatoms. The van der Waals surface area contributed by atoms with Gasteiger partial charge in [-0.3, -0.25) is 0 Å². The Bertz CT molecular complexity index is 321. The second kappa shape index (κ2) is 5.12. The normalized spacial score (nSPS) is 12.6. The molecule has 84 valence electrons. The summed E-state index contributed by atoms with van der Waals surface area (Å²) in [7, 11) is 0. The van der Waals surface area contributed by atoms with Crippen LogP contribution in [0.15, 0.2) is 18.2 Å². The standard InChI is InChI=1S/C12H18FNO/c1-4-14(5-2)11-8-6-7-10(13)12(11)9(3)15/h6-9,15H,4-5H2,1-3H3. The molecule has 0 saturated heterocycles. The summed E-state index contributed by atoms with van der Waals surface area (Å²) in [6.07, 6.45) is -0.776. The first-order chi connectivity index (χ1) is 7.11. The van der Waals surface area contributed by atoms with Gasteiger partial charge in [0.15, 0.2) is 0 Å². The molecule has 0 amide bonds. The molecule has 1 aromatic carbocycles. The summed E-state index contributed by atoms with van der Waals surface area (Å²) < 4.78 is 13.5. The minimum atomic E-state index is -0.776. The third-order valence-electron chi connectivity index (χ3n) is 2.55. The molecule has 1 aromatic rings. The lowest BCUT2D eigenvalue weighted by atomic mass is 10.1. The monoisotopic (exact) mass is 211 g/mol. The highest BCUT2D eigenvalue weighted by Crippen LogP contribution is 2.28. The van der Waals surface area contributed by atoms with Crippen LogP contribution in [0.3, 0.4) is 0 Å². The number of aliphatic hydroxyl groups excluding tert-OH is 1. The van der Waals surface area contributed by atoms with E-state index in [2.05, 4.69) is 0 Å². The minimum absolute atomic E-state index is 0.339. The van der Waals surface area contributed by atoms with E-state index in [1.54, 1.807) is 13.0 Å². The summed E-state index contributed by atoms with van der Waals surface area (Å²) in [6, 6.07) is 4.90. The van der Waals surface area contributed by atoms with Crippen LogP contribution in [-0.2, 0) is 0 Å². The molecule has 1 atom stereocenters. The largest absolute Gasteiger partial charge is 0.389 e. The summed E-state index contributed by atoms with van der Waals surface area (Å²) in [5.41, 5.74) is 1.18. The molecule has 1 rings (SSSR count). The number of benzene rings is 1. The maximum absolute atomic E-state index is 13.5. The van der Waals surface area contributed by atoms with Crippen LogP contribution in [-0.4, -0.2) is 18.2 Å². The number of aliphatic hydroxyl groups is 1. The molecule has 0 saturated carbocycles. The molecule has 0 radical (unpaired) electrons. The SMILES string of the molecule is CCN(CC)c1cccc(F)c1C(C)O. The summed E-state index contributed by atoms with van der Waals surface area (Å²) in [4.78, 5) is 2.03. The van der Waals surface area contributed by atoms with Gasteiger partial charge >= 0.3 is 0 Å². The predicted molar refractivity (Wildman–Crippen MR) is 60.6 cm³/mol. The molecule has 0 bridgehead atoms. The zero-order valence-electron chi connectivity index (χ0n) is 9.50. The Labute approximate surface area is 90.3 Å². The Kier molecular flexibility index (Phi) is 4.09. The molecule has 15 heavy (non-hydrogen) atoms. The molecule has 0 spiro atoms. The van der Waals surface area contributed by atoms with Crippen molar-refractivity contribution in [3.8, 4) is 0 Å². The van der Waals surface area contributed by atoms with Crippen LogP contribution in [0.2, 0.25) is 0 Å². The fourth-order valence-corrected chi connectivity index (χ4v) is 1.78. The van der Waals surface area contributed by atoms with Crippen molar-refractivity contribution in [2.75, 3.05) is 18.0 Å². The van der Waals surface area contributed by atoms with Gasteiger partial charge < -0.3 is 10.0 Å². The lowest BCUT2D eigenvalue weighted by molar-refractivity contribution is 0.194. The van der Waals surface area contributed by atoms with E-state index < -0.39 is 6.10 Å². The lowest BCUT2D eigenvalue weighted by Crippen LogP contribution is -2.24. The van der Waals surface area contributed by atoms with Crippen molar-refractivity contribution in [2.45, 2.75) is 26.9 Å². The number of hydrogen-bond donors (Lipinski definition) is 1. The van der Waals surface area contributed by atoms with Crippen LogP contribution < -0.4 is 4.90 Å². The molecule has 1 unspecified atom stereocenters. The highest BCUT2D eigenvalue weighted by atomic mass is 19.1. The maximum atomic E-state index is 13.5. The Hall–Kier alpha value is -1.09. The zero-order valence-corrected chi connectivity index (χ0v) is 9.50. The minimum Gasteiger partial charge on any atom is -0.389 e. The van der Waals surface area contributed by atoms with Gasteiger partial charge in [-0.2, -0.15) is 0 Å². The molecular weight excluding hydrogens is 193 g/mol. The van der Waals surface area contributed by atoms with Gasteiger partial charge in [-0.25, -0.2) is 4.39 Å². The quantitative estimate of drug-likeness (QED) is 0.827. The third-order valence-corrected chi connectivity index (χ3v) is 2.55. The van der Waals surface area contributed by atoms with Crippen LogP contribution in [0.5, 0.6) is 0 Å². The fourth-order valence-electron chi connectivity index (χ4n) is 1.78. The molecule has 0 aliphatic heterocycles. The summed E-state index contributed by atoms with van der Waals surface area (Å²) >= 11 is 0. The molecule has 1 N–H and O–H groups in total. The van der Waals surface area contributed by atoms with Crippen molar-refractivity contribution < 1.29 is 9.50 Å². The van der Waals surface area contributed by atoms with Crippen LogP contribution >= 0.6 is 0 Å². The van der Waals surface area contributed by atoms with E-state index in [1.165, 1.54) is 6.07 Å². The molecule has 0 heterocycles. The second-order valence-electron chi connectivity index (χ2n) is 3.52. The third kappa shape index (κ3) is 2.48. The second-order valence-corrected chi connectivity index (χ2v) is 3.52. The van der Waals surface area contributed by atoms with Crippen molar-refractivity contribution in [1.82, 2.24) is 0 Å². The van der Waals surface area contributed by atoms with Crippen molar-refractivity contribution in [3.63, 3.8) is 0 Å². The Morgan fingerprint density at radius 3 is 2.40 bits per heavy atom. The topological polar surface area (TPSA) is 23.5 Å². The van der Waals surface area contributed by atoms with Crippen molar-refractivity contribution in [3.05, 3.63) is 29.6 Å². The number of halogens is 1. The van der Waals surface area contributed by atoms with E-state index in [0.717, 1.165) is 18.8 Å². The summed E-state index contributed by atoms with van der Waals surface area (Å²) in [5, 5.41) is 9.56. The van der Waals surface area contributed by atoms with E-state index in [-0.39, 0.29) is 5.82 Å². The van der Waals surface area contributed by atoms with Crippen LogP contribution in [0.4, 0.5) is 10.1 Å². The number of rotatable bonds is 4. The lowest BCUT2D eigenvalue weighted by Gasteiger charge is -2.25. The van der Waals surface area contributed by atoms with Gasteiger partial charge in [-0.1, -0.05) is 6.07 Å². The highest BCUT2D eigenvalue weighted by molar-refractivity contribution is 5.55. The van der Waals surface area contributed by atoms with Gasteiger partial charge in [0.2, 0.25) is 0 Å². The Morgan fingerprint density at radius 2 is 1.93 bits per heavy atom. The van der Waals surface area contributed by atoms with Crippen molar-refractivity contribution >= 4 is 5.69 Å². The van der Waals surface area contributed by atoms with E-state index >= 15 is 0 Å². The zero-order chi connectivity index (χ0) is 11.4. The van der Waals surface area contributed by atoms with Crippen LogP contribution in [0.25, 0.3) is 0 Å². The Balaban J connectivity index is 3.21. The summed E-state index contributed by atoms with van der Waals surface area (Å²) in [5.74, 6) is -0.339. The smallest absolute Gasteiger partial charge is 0.131 e. The Morgan fingerprint density at radius 1 is 1.33 bits per heavy atom. The predicted octanol–water partition coefficient (Wildman–Crippen LogP) is 2.73. The van der Waals surface area contributed by atoms with Gasteiger partial charge in [0.05, 0.1) is 6.10 Å². The molecule has 0 aromatic heterocycles. The first kappa shape index (κ1) is 12.0. The van der Waals surface area contributed by atoms with Gasteiger partial charge in [0.25, 0.3) is 0 Å². The maximum Gasteiger partial charge on any atom is 0.131 e. The molecule has 0 aliphatic rings. The van der Waals surface area contributed by atoms with Crippen molar-refractivity contribution in [1.29, 1.82) is 0 Å². The van der Waals surface area contributed by atoms with Gasteiger partial charge in [0.1, 0.15) is 5.82 Å². The van der Waals surface area contributed by atoms with Crippen LogP contribution in [0.1, 0.15) is 32.4 Å². The van der Waals surface area contributed by atoms with Crippen LogP contribution in [0, 0.1) is 5.82 Å².